The highest BCUT2D eigenvalue weighted by molar-refractivity contribution is 6.30. The van der Waals surface area contributed by atoms with Crippen LogP contribution in [0, 0.1) is 0 Å². The Labute approximate surface area is 87.8 Å². The molecule has 0 saturated heterocycles. The maximum atomic E-state index is 12.3. The lowest BCUT2D eigenvalue weighted by atomic mass is 10.2. The number of nitrogens with zero attached hydrogens (tertiary/aromatic N) is 1. The fourth-order valence-electron chi connectivity index (χ4n) is 0.837. The normalized spacial score (nSPS) is 11.2. The van der Waals surface area contributed by atoms with E-state index in [2.05, 4.69) is 9.72 Å². The Balaban J connectivity index is 3.00. The second-order valence-corrected chi connectivity index (χ2v) is 2.84. The summed E-state index contributed by atoms with van der Waals surface area (Å²) in [6.07, 6.45) is -3.16. The minimum atomic E-state index is -4.59. The Morgan fingerprint density at radius 2 is 2.20 bits per heavy atom. The fraction of sp³-hybridized carbons (Fsp3) is 0.250. The number of pyridine rings is 1. The first-order chi connectivity index (χ1) is 6.95. The fourth-order valence-corrected chi connectivity index (χ4v) is 1.05. The van der Waals surface area contributed by atoms with Gasteiger partial charge in [-0.25, -0.2) is 4.98 Å². The quantitative estimate of drug-likeness (QED) is 0.600. The Morgan fingerprint density at radius 1 is 1.53 bits per heavy atom. The minimum Gasteiger partial charge on any atom is -0.485 e. The highest BCUT2D eigenvalue weighted by Crippen LogP contribution is 2.35. The Hall–Kier alpha value is -1.30. The summed E-state index contributed by atoms with van der Waals surface area (Å²) in [7, 11) is 0. The maximum absolute atomic E-state index is 12.3. The smallest absolute Gasteiger partial charge is 0.419 e. The molecule has 0 unspecified atom stereocenters. The topological polar surface area (TPSA) is 39.2 Å². The van der Waals surface area contributed by atoms with Crippen LogP contribution >= 0.6 is 11.6 Å². The van der Waals surface area contributed by atoms with Crippen molar-refractivity contribution in [2.24, 2.45) is 0 Å². The number of halogens is 4. The molecule has 0 aromatic carbocycles. The third kappa shape index (κ3) is 3.09. The maximum Gasteiger partial charge on any atom is 0.419 e. The molecule has 1 heterocycles. The van der Waals surface area contributed by atoms with Crippen LogP contribution in [0.15, 0.2) is 12.3 Å². The first-order valence-electron chi connectivity index (χ1n) is 3.74. The van der Waals surface area contributed by atoms with E-state index < -0.39 is 16.9 Å². The molecule has 0 aliphatic rings. The summed E-state index contributed by atoms with van der Waals surface area (Å²) in [5, 5.41) is -0.652. The van der Waals surface area contributed by atoms with E-state index in [0.717, 1.165) is 6.20 Å². The van der Waals surface area contributed by atoms with E-state index in [-0.39, 0.29) is 12.4 Å². The van der Waals surface area contributed by atoms with Crippen molar-refractivity contribution in [1.29, 1.82) is 0 Å². The van der Waals surface area contributed by atoms with Gasteiger partial charge in [0, 0.05) is 0 Å². The Bertz CT molecular complexity index is 367. The zero-order valence-corrected chi connectivity index (χ0v) is 7.97. The van der Waals surface area contributed by atoms with Crippen LogP contribution in [0.4, 0.5) is 13.2 Å². The molecule has 7 heteroatoms. The number of carbonyl (C=O) groups is 1. The molecule has 0 saturated carbocycles. The monoisotopic (exact) mass is 239 g/mol. The van der Waals surface area contributed by atoms with Gasteiger partial charge in [0.2, 0.25) is 0 Å². The van der Waals surface area contributed by atoms with E-state index in [1.165, 1.54) is 0 Å². The minimum absolute atomic E-state index is 0.154. The molecule has 0 spiro atoms. The zero-order chi connectivity index (χ0) is 11.5. The molecule has 0 bridgehead atoms. The van der Waals surface area contributed by atoms with E-state index in [4.69, 9.17) is 11.6 Å². The average Bonchev–Trinajstić information content (AvgIpc) is 2.15. The van der Waals surface area contributed by atoms with Crippen LogP contribution < -0.4 is 4.74 Å². The van der Waals surface area contributed by atoms with E-state index >= 15 is 0 Å². The Morgan fingerprint density at radius 3 is 2.73 bits per heavy atom. The summed E-state index contributed by atoms with van der Waals surface area (Å²) in [5.41, 5.74) is -1.09. The highest BCUT2D eigenvalue weighted by Gasteiger charge is 2.34. The van der Waals surface area contributed by atoms with Crippen molar-refractivity contribution in [1.82, 2.24) is 4.98 Å². The second-order valence-electron chi connectivity index (χ2n) is 2.48. The summed E-state index contributed by atoms with van der Waals surface area (Å²) >= 11 is 5.26. The van der Waals surface area contributed by atoms with Gasteiger partial charge in [-0.2, -0.15) is 13.2 Å². The van der Waals surface area contributed by atoms with Crippen molar-refractivity contribution in [3.05, 3.63) is 23.0 Å². The van der Waals surface area contributed by atoms with Crippen molar-refractivity contribution in [3.8, 4) is 5.75 Å². The molecule has 0 atom stereocenters. The summed E-state index contributed by atoms with van der Waals surface area (Å²) in [4.78, 5) is 13.2. The number of aldehydes is 1. The van der Waals surface area contributed by atoms with Crippen LogP contribution in [0.2, 0.25) is 5.15 Å². The molecule has 82 valence electrons. The summed E-state index contributed by atoms with van der Waals surface area (Å²) in [6, 6.07) is 0.693. The summed E-state index contributed by atoms with van der Waals surface area (Å²) in [6.45, 7) is -0.333. The van der Waals surface area contributed by atoms with Gasteiger partial charge in [-0.05, 0) is 6.07 Å². The lowest BCUT2D eigenvalue weighted by Crippen LogP contribution is -2.08. The SMILES string of the molecule is O=CCOc1cnc(Cl)c(C(F)(F)F)c1. The molecule has 0 radical (unpaired) electrons. The standard InChI is InChI=1S/C8H5ClF3NO2/c9-7-6(8(10,11)12)3-5(4-13-7)15-2-1-14/h1,3-4H,2H2. The number of ether oxygens (including phenoxy) is 1. The van der Waals surface area contributed by atoms with Gasteiger partial charge in [0.1, 0.15) is 17.5 Å². The lowest BCUT2D eigenvalue weighted by molar-refractivity contribution is -0.137. The molecule has 1 aromatic heterocycles. The van der Waals surface area contributed by atoms with Gasteiger partial charge in [-0.15, -0.1) is 0 Å². The third-order valence-electron chi connectivity index (χ3n) is 1.44. The van der Waals surface area contributed by atoms with Crippen LogP contribution in [0.1, 0.15) is 5.56 Å². The number of carbonyl (C=O) groups excluding carboxylic acids is 1. The van der Waals surface area contributed by atoms with E-state index in [9.17, 15) is 18.0 Å². The second kappa shape index (κ2) is 4.48. The molecule has 3 nitrogen and oxygen atoms in total. The lowest BCUT2D eigenvalue weighted by Gasteiger charge is -2.09. The van der Waals surface area contributed by atoms with Gasteiger partial charge in [0.05, 0.1) is 11.8 Å². The van der Waals surface area contributed by atoms with Gasteiger partial charge < -0.3 is 4.74 Å². The van der Waals surface area contributed by atoms with Crippen molar-refractivity contribution in [2.45, 2.75) is 6.18 Å². The number of hydrogen-bond donors (Lipinski definition) is 0. The van der Waals surface area contributed by atoms with E-state index in [1.54, 1.807) is 0 Å². The molecule has 0 aliphatic carbocycles. The predicted molar refractivity (Wildman–Crippen MR) is 45.8 cm³/mol. The Kier molecular flexibility index (Phi) is 3.52. The number of rotatable bonds is 3. The first kappa shape index (κ1) is 11.8. The zero-order valence-electron chi connectivity index (χ0n) is 7.21. The van der Waals surface area contributed by atoms with Crippen molar-refractivity contribution >= 4 is 17.9 Å². The first-order valence-corrected chi connectivity index (χ1v) is 4.12. The summed E-state index contributed by atoms with van der Waals surface area (Å²) in [5.74, 6) is -0.154. The van der Waals surface area contributed by atoms with Crippen molar-refractivity contribution in [3.63, 3.8) is 0 Å². The third-order valence-corrected chi connectivity index (χ3v) is 1.74. The van der Waals surface area contributed by atoms with Gasteiger partial charge in [-0.3, -0.25) is 4.79 Å². The number of alkyl halides is 3. The molecule has 1 rings (SSSR count). The van der Waals surface area contributed by atoms with Crippen LogP contribution in [-0.2, 0) is 11.0 Å². The number of hydrogen-bond acceptors (Lipinski definition) is 3. The summed E-state index contributed by atoms with van der Waals surface area (Å²) < 4.78 is 41.6. The molecular weight excluding hydrogens is 235 g/mol. The van der Waals surface area contributed by atoms with Crippen LogP contribution in [0.25, 0.3) is 0 Å². The van der Waals surface area contributed by atoms with Gasteiger partial charge in [-0.1, -0.05) is 11.6 Å². The molecule has 0 amide bonds. The van der Waals surface area contributed by atoms with Gasteiger partial charge in [0.15, 0.2) is 6.29 Å². The van der Waals surface area contributed by atoms with Crippen molar-refractivity contribution < 1.29 is 22.7 Å². The average molecular weight is 240 g/mol. The predicted octanol–water partition coefficient (Wildman–Crippen LogP) is 2.33. The number of aromatic nitrogens is 1. The van der Waals surface area contributed by atoms with Gasteiger partial charge in [0.25, 0.3) is 0 Å². The van der Waals surface area contributed by atoms with Crippen LogP contribution in [0.3, 0.4) is 0 Å². The molecule has 0 fully saturated rings. The van der Waals surface area contributed by atoms with Gasteiger partial charge >= 0.3 is 6.18 Å². The molecular formula is C8H5ClF3NO2. The van der Waals surface area contributed by atoms with E-state index in [0.29, 0.717) is 12.4 Å². The molecule has 15 heavy (non-hydrogen) atoms. The molecule has 0 aliphatic heterocycles. The molecule has 1 aromatic rings. The largest absolute Gasteiger partial charge is 0.485 e. The van der Waals surface area contributed by atoms with Crippen LogP contribution in [-0.4, -0.2) is 17.9 Å². The van der Waals surface area contributed by atoms with Crippen LogP contribution in [0.5, 0.6) is 5.75 Å². The van der Waals surface area contributed by atoms with E-state index in [1.807, 2.05) is 0 Å². The highest BCUT2D eigenvalue weighted by atomic mass is 35.5. The molecule has 0 N–H and O–H groups in total. The van der Waals surface area contributed by atoms with Crippen molar-refractivity contribution in [2.75, 3.05) is 6.61 Å².